The van der Waals surface area contributed by atoms with Crippen molar-refractivity contribution < 1.29 is 9.53 Å². The van der Waals surface area contributed by atoms with Crippen molar-refractivity contribution in [3.8, 4) is 0 Å². The van der Waals surface area contributed by atoms with Crippen molar-refractivity contribution in [3.63, 3.8) is 0 Å². The van der Waals surface area contributed by atoms with E-state index >= 15 is 0 Å². The first kappa shape index (κ1) is 14.0. The standard InChI is InChI=1S/C15H22N2O2/c1-4-12-7-5-6-11(2)15(12)17-13(8-16-3)9-19-10-14(17)18/h5-7,13,16H,4,8-10H2,1-3H3. The van der Waals surface area contributed by atoms with Gasteiger partial charge in [-0.2, -0.15) is 0 Å². The van der Waals surface area contributed by atoms with Crippen LogP contribution in [0.25, 0.3) is 0 Å². The predicted molar refractivity (Wildman–Crippen MR) is 76.6 cm³/mol. The Labute approximate surface area is 114 Å². The van der Waals surface area contributed by atoms with Gasteiger partial charge >= 0.3 is 0 Å². The van der Waals surface area contributed by atoms with Gasteiger partial charge in [-0.3, -0.25) is 4.79 Å². The maximum Gasteiger partial charge on any atom is 0.253 e. The Bertz CT molecular complexity index is 457. The largest absolute Gasteiger partial charge is 0.369 e. The molecule has 0 aromatic heterocycles. The third-order valence-corrected chi connectivity index (χ3v) is 3.55. The quantitative estimate of drug-likeness (QED) is 0.894. The van der Waals surface area contributed by atoms with Crippen LogP contribution in [-0.4, -0.2) is 38.8 Å². The number of hydrogen-bond acceptors (Lipinski definition) is 3. The summed E-state index contributed by atoms with van der Waals surface area (Å²) >= 11 is 0. The molecular weight excluding hydrogens is 240 g/mol. The lowest BCUT2D eigenvalue weighted by molar-refractivity contribution is -0.127. The number of aryl methyl sites for hydroxylation is 2. The number of carbonyl (C=O) groups is 1. The lowest BCUT2D eigenvalue weighted by Gasteiger charge is -2.37. The van der Waals surface area contributed by atoms with Crippen LogP contribution in [0.4, 0.5) is 5.69 Å². The molecular formula is C15H22N2O2. The van der Waals surface area contributed by atoms with Crippen LogP contribution in [0.2, 0.25) is 0 Å². The van der Waals surface area contributed by atoms with Gasteiger partial charge in [-0.15, -0.1) is 0 Å². The number of rotatable bonds is 4. The Morgan fingerprint density at radius 3 is 2.95 bits per heavy atom. The molecule has 4 heteroatoms. The molecule has 0 bridgehead atoms. The number of hydrogen-bond donors (Lipinski definition) is 1. The Balaban J connectivity index is 2.43. The van der Waals surface area contributed by atoms with E-state index in [2.05, 4.69) is 37.4 Å². The van der Waals surface area contributed by atoms with E-state index in [0.29, 0.717) is 6.61 Å². The number of anilines is 1. The Morgan fingerprint density at radius 1 is 1.47 bits per heavy atom. The first-order valence-electron chi connectivity index (χ1n) is 6.82. The van der Waals surface area contributed by atoms with Crippen LogP contribution < -0.4 is 10.2 Å². The van der Waals surface area contributed by atoms with E-state index in [4.69, 9.17) is 4.74 Å². The summed E-state index contributed by atoms with van der Waals surface area (Å²) < 4.78 is 5.38. The zero-order valence-electron chi connectivity index (χ0n) is 11.9. The van der Waals surface area contributed by atoms with E-state index in [9.17, 15) is 4.79 Å². The Kier molecular flexibility index (Phi) is 4.56. The second-order valence-electron chi connectivity index (χ2n) is 4.93. The van der Waals surface area contributed by atoms with Gasteiger partial charge in [-0.1, -0.05) is 25.1 Å². The topological polar surface area (TPSA) is 41.6 Å². The molecule has 1 atom stereocenters. The first-order valence-corrected chi connectivity index (χ1v) is 6.82. The van der Waals surface area contributed by atoms with Crippen LogP contribution in [-0.2, 0) is 16.0 Å². The van der Waals surface area contributed by atoms with Crippen LogP contribution in [0, 0.1) is 6.92 Å². The monoisotopic (exact) mass is 262 g/mol. The third-order valence-electron chi connectivity index (χ3n) is 3.55. The molecule has 1 aromatic carbocycles. The molecule has 1 aliphatic heterocycles. The normalized spacial score (nSPS) is 19.8. The highest BCUT2D eigenvalue weighted by atomic mass is 16.5. The van der Waals surface area contributed by atoms with Gasteiger partial charge in [0.15, 0.2) is 0 Å². The molecule has 1 aliphatic rings. The number of nitrogens with zero attached hydrogens (tertiary/aromatic N) is 1. The molecule has 1 saturated heterocycles. The summed E-state index contributed by atoms with van der Waals surface area (Å²) in [7, 11) is 1.90. The minimum absolute atomic E-state index is 0.0514. The number of carbonyl (C=O) groups excluding carboxylic acids is 1. The van der Waals surface area contributed by atoms with Crippen molar-refractivity contribution in [3.05, 3.63) is 29.3 Å². The maximum absolute atomic E-state index is 12.3. The second-order valence-corrected chi connectivity index (χ2v) is 4.93. The highest BCUT2D eigenvalue weighted by molar-refractivity contribution is 5.97. The second kappa shape index (κ2) is 6.17. The van der Waals surface area contributed by atoms with Gasteiger partial charge in [0.1, 0.15) is 6.61 Å². The molecule has 0 saturated carbocycles. The number of benzene rings is 1. The number of para-hydroxylation sites is 1. The van der Waals surface area contributed by atoms with E-state index in [1.165, 1.54) is 5.56 Å². The molecule has 0 aliphatic carbocycles. The van der Waals surface area contributed by atoms with Crippen LogP contribution in [0.1, 0.15) is 18.1 Å². The summed E-state index contributed by atoms with van der Waals surface area (Å²) in [6.07, 6.45) is 0.925. The van der Waals surface area contributed by atoms with E-state index in [1.54, 1.807) is 0 Å². The highest BCUT2D eigenvalue weighted by Crippen LogP contribution is 2.29. The van der Waals surface area contributed by atoms with Crippen molar-refractivity contribution in [2.24, 2.45) is 0 Å². The molecule has 104 valence electrons. The smallest absolute Gasteiger partial charge is 0.253 e. The number of morpholine rings is 1. The van der Waals surface area contributed by atoms with Gasteiger partial charge in [0.05, 0.1) is 18.3 Å². The molecule has 2 rings (SSSR count). The van der Waals surface area contributed by atoms with E-state index < -0.39 is 0 Å². The zero-order chi connectivity index (χ0) is 13.8. The molecule has 1 fully saturated rings. The lowest BCUT2D eigenvalue weighted by Crippen LogP contribution is -2.54. The molecule has 0 spiro atoms. The first-order chi connectivity index (χ1) is 9.19. The van der Waals surface area contributed by atoms with Gasteiger partial charge in [-0.25, -0.2) is 0 Å². The summed E-state index contributed by atoms with van der Waals surface area (Å²) in [6.45, 7) is 5.69. The average molecular weight is 262 g/mol. The SMILES string of the molecule is CCc1cccc(C)c1N1C(=O)COCC1CNC. The summed E-state index contributed by atoms with van der Waals surface area (Å²) in [4.78, 5) is 14.2. The van der Waals surface area contributed by atoms with Gasteiger partial charge in [0.2, 0.25) is 0 Å². The average Bonchev–Trinajstić information content (AvgIpc) is 2.40. The number of amides is 1. The molecule has 1 N–H and O–H groups in total. The predicted octanol–water partition coefficient (Wildman–Crippen LogP) is 1.51. The molecule has 1 unspecified atom stereocenters. The van der Waals surface area contributed by atoms with Crippen molar-refractivity contribution in [2.45, 2.75) is 26.3 Å². The summed E-state index contributed by atoms with van der Waals surface area (Å²) in [5.74, 6) is 0.0514. The third kappa shape index (κ3) is 2.80. The van der Waals surface area contributed by atoms with Crippen molar-refractivity contribution in [1.82, 2.24) is 5.32 Å². The highest BCUT2D eigenvalue weighted by Gasteiger charge is 2.31. The van der Waals surface area contributed by atoms with Crippen LogP contribution in [0.3, 0.4) is 0 Å². The number of likely N-dealkylation sites (N-methyl/N-ethyl adjacent to an activating group) is 1. The van der Waals surface area contributed by atoms with Crippen LogP contribution >= 0.6 is 0 Å². The number of nitrogens with one attached hydrogen (secondary N) is 1. The Hall–Kier alpha value is -1.39. The molecule has 4 nitrogen and oxygen atoms in total. The van der Waals surface area contributed by atoms with E-state index in [-0.39, 0.29) is 18.6 Å². The van der Waals surface area contributed by atoms with Crippen molar-refractivity contribution >= 4 is 11.6 Å². The lowest BCUT2D eigenvalue weighted by atomic mass is 10.0. The molecule has 19 heavy (non-hydrogen) atoms. The van der Waals surface area contributed by atoms with E-state index in [1.807, 2.05) is 11.9 Å². The maximum atomic E-state index is 12.3. The van der Waals surface area contributed by atoms with E-state index in [0.717, 1.165) is 24.2 Å². The van der Waals surface area contributed by atoms with Crippen LogP contribution in [0.5, 0.6) is 0 Å². The van der Waals surface area contributed by atoms with Gasteiger partial charge < -0.3 is 15.0 Å². The molecule has 0 radical (unpaired) electrons. The summed E-state index contributed by atoms with van der Waals surface area (Å²) in [5, 5.41) is 3.14. The van der Waals surface area contributed by atoms with Crippen molar-refractivity contribution in [2.75, 3.05) is 31.7 Å². The van der Waals surface area contributed by atoms with Crippen LogP contribution in [0.15, 0.2) is 18.2 Å². The number of ether oxygens (including phenoxy) is 1. The zero-order valence-corrected chi connectivity index (χ0v) is 11.9. The fourth-order valence-electron chi connectivity index (χ4n) is 2.67. The van der Waals surface area contributed by atoms with Gasteiger partial charge in [0.25, 0.3) is 5.91 Å². The fourth-order valence-corrected chi connectivity index (χ4v) is 2.67. The molecule has 1 aromatic rings. The summed E-state index contributed by atoms with van der Waals surface area (Å²) in [5.41, 5.74) is 3.44. The molecule has 1 amide bonds. The minimum Gasteiger partial charge on any atom is -0.369 e. The van der Waals surface area contributed by atoms with Gasteiger partial charge in [-0.05, 0) is 31.5 Å². The fraction of sp³-hybridized carbons (Fsp3) is 0.533. The van der Waals surface area contributed by atoms with Gasteiger partial charge in [0, 0.05) is 6.54 Å². The molecule has 1 heterocycles. The summed E-state index contributed by atoms with van der Waals surface area (Å²) in [6, 6.07) is 6.28. The Morgan fingerprint density at radius 2 is 2.26 bits per heavy atom. The minimum atomic E-state index is 0.0514. The van der Waals surface area contributed by atoms with Crippen molar-refractivity contribution in [1.29, 1.82) is 0 Å².